The Morgan fingerprint density at radius 1 is 0.944 bits per heavy atom. The van der Waals surface area contributed by atoms with Gasteiger partial charge < -0.3 is 14.8 Å². The summed E-state index contributed by atoms with van der Waals surface area (Å²) < 4.78 is 11.3. The van der Waals surface area contributed by atoms with Crippen LogP contribution in [0.1, 0.15) is 19.5 Å². The van der Waals surface area contributed by atoms with Crippen molar-refractivity contribution in [1.29, 1.82) is 0 Å². The number of amides is 2. The molecule has 0 fully saturated rings. The summed E-state index contributed by atoms with van der Waals surface area (Å²) >= 11 is 1.33. The molecule has 0 bridgehead atoms. The number of carbonyl (C=O) groups is 2. The summed E-state index contributed by atoms with van der Waals surface area (Å²) in [5.41, 5.74) is 1.96. The molecular formula is C28H25N3O4S. The standard InChI is InChI=1S/C28H25N3O4S/c1-3-34-24-14-16-26(17-15-24)35-25-12-9-21(10-13-25)29-27(33)18-11-22-19-36-28(30-22)31(20(2)32)23-7-5-4-6-8-23/h4-19H,3H2,1-2H3,(H,29,33)/b18-11+. The van der Waals surface area contributed by atoms with Gasteiger partial charge >= 0.3 is 0 Å². The molecule has 0 unspecified atom stereocenters. The Bertz CT molecular complexity index is 1330. The van der Waals surface area contributed by atoms with Crippen LogP contribution in [0.15, 0.2) is 90.3 Å². The Morgan fingerprint density at radius 2 is 1.58 bits per heavy atom. The number of anilines is 3. The van der Waals surface area contributed by atoms with E-state index in [1.54, 1.807) is 40.6 Å². The fourth-order valence-corrected chi connectivity index (χ4v) is 4.17. The van der Waals surface area contributed by atoms with Crippen LogP contribution in [-0.2, 0) is 9.59 Å². The minimum absolute atomic E-state index is 0.140. The highest BCUT2D eigenvalue weighted by atomic mass is 32.1. The summed E-state index contributed by atoms with van der Waals surface area (Å²) in [7, 11) is 0. The van der Waals surface area contributed by atoms with Gasteiger partial charge in [0.15, 0.2) is 5.13 Å². The molecule has 0 saturated carbocycles. The highest BCUT2D eigenvalue weighted by molar-refractivity contribution is 7.14. The lowest BCUT2D eigenvalue weighted by Gasteiger charge is -2.17. The fourth-order valence-electron chi connectivity index (χ4n) is 3.32. The number of nitrogens with zero attached hydrogens (tertiary/aromatic N) is 2. The largest absolute Gasteiger partial charge is 0.494 e. The Morgan fingerprint density at radius 3 is 2.22 bits per heavy atom. The van der Waals surface area contributed by atoms with Gasteiger partial charge in [0.2, 0.25) is 11.8 Å². The van der Waals surface area contributed by atoms with E-state index in [0.717, 1.165) is 11.4 Å². The summed E-state index contributed by atoms with van der Waals surface area (Å²) in [5, 5.41) is 5.15. The van der Waals surface area contributed by atoms with Gasteiger partial charge in [-0.05, 0) is 73.7 Å². The van der Waals surface area contributed by atoms with Gasteiger partial charge in [-0.15, -0.1) is 11.3 Å². The van der Waals surface area contributed by atoms with Gasteiger partial charge in [0, 0.05) is 24.1 Å². The summed E-state index contributed by atoms with van der Waals surface area (Å²) in [5.74, 6) is 1.69. The minimum atomic E-state index is -0.295. The predicted octanol–water partition coefficient (Wildman–Crippen LogP) is 6.67. The van der Waals surface area contributed by atoms with Crippen LogP contribution < -0.4 is 19.7 Å². The van der Waals surface area contributed by atoms with Crippen molar-refractivity contribution in [3.05, 3.63) is 96.0 Å². The molecule has 3 aromatic carbocycles. The molecule has 1 N–H and O–H groups in total. The van der Waals surface area contributed by atoms with E-state index in [1.807, 2.05) is 61.5 Å². The van der Waals surface area contributed by atoms with Crippen molar-refractivity contribution < 1.29 is 19.1 Å². The lowest BCUT2D eigenvalue weighted by molar-refractivity contribution is -0.116. The van der Waals surface area contributed by atoms with Crippen molar-refractivity contribution >= 4 is 45.7 Å². The highest BCUT2D eigenvalue weighted by Crippen LogP contribution is 2.29. The van der Waals surface area contributed by atoms with Crippen LogP contribution in [0.3, 0.4) is 0 Å². The Hall–Kier alpha value is -4.43. The van der Waals surface area contributed by atoms with Gasteiger partial charge in [0.25, 0.3) is 0 Å². The first-order valence-electron chi connectivity index (χ1n) is 11.3. The second-order valence-corrected chi connectivity index (χ2v) is 8.43. The van der Waals surface area contributed by atoms with Gasteiger partial charge in [-0.25, -0.2) is 4.98 Å². The van der Waals surface area contributed by atoms with Crippen LogP contribution in [0.5, 0.6) is 17.2 Å². The Labute approximate surface area is 213 Å². The number of thiazole rings is 1. The van der Waals surface area contributed by atoms with Crippen LogP contribution >= 0.6 is 11.3 Å². The van der Waals surface area contributed by atoms with Gasteiger partial charge in [-0.3, -0.25) is 14.5 Å². The van der Waals surface area contributed by atoms with Crippen molar-refractivity contribution in [2.45, 2.75) is 13.8 Å². The monoisotopic (exact) mass is 499 g/mol. The second-order valence-electron chi connectivity index (χ2n) is 7.60. The molecule has 2 amide bonds. The summed E-state index contributed by atoms with van der Waals surface area (Å²) in [6.07, 6.45) is 3.02. The maximum atomic E-state index is 12.4. The summed E-state index contributed by atoms with van der Waals surface area (Å²) in [6.45, 7) is 4.04. The van der Waals surface area contributed by atoms with Gasteiger partial charge in [-0.2, -0.15) is 0 Å². The molecule has 0 aliphatic rings. The number of hydrogen-bond donors (Lipinski definition) is 1. The van der Waals surface area contributed by atoms with E-state index in [1.165, 1.54) is 24.3 Å². The molecule has 7 nitrogen and oxygen atoms in total. The average Bonchev–Trinajstić information content (AvgIpc) is 3.34. The summed E-state index contributed by atoms with van der Waals surface area (Å²) in [4.78, 5) is 30.6. The van der Waals surface area contributed by atoms with Crippen molar-refractivity contribution in [3.63, 3.8) is 0 Å². The topological polar surface area (TPSA) is 80.8 Å². The first kappa shape index (κ1) is 24.7. The zero-order valence-corrected chi connectivity index (χ0v) is 20.7. The number of para-hydroxylation sites is 1. The van der Waals surface area contributed by atoms with Crippen LogP contribution in [0.25, 0.3) is 6.08 Å². The van der Waals surface area contributed by atoms with Gasteiger partial charge in [0.05, 0.1) is 18.0 Å². The van der Waals surface area contributed by atoms with Gasteiger partial charge in [0.1, 0.15) is 17.2 Å². The molecule has 1 aromatic heterocycles. The van der Waals surface area contributed by atoms with E-state index in [-0.39, 0.29) is 11.8 Å². The lowest BCUT2D eigenvalue weighted by Crippen LogP contribution is -2.22. The average molecular weight is 500 g/mol. The number of aromatic nitrogens is 1. The number of benzene rings is 3. The molecular weight excluding hydrogens is 474 g/mol. The maximum Gasteiger partial charge on any atom is 0.248 e. The smallest absolute Gasteiger partial charge is 0.248 e. The lowest BCUT2D eigenvalue weighted by atomic mass is 10.3. The van der Waals surface area contributed by atoms with E-state index >= 15 is 0 Å². The van der Waals surface area contributed by atoms with Crippen LogP contribution in [0, 0.1) is 0 Å². The molecule has 4 aromatic rings. The molecule has 8 heteroatoms. The molecule has 0 spiro atoms. The number of ether oxygens (including phenoxy) is 2. The maximum absolute atomic E-state index is 12.4. The van der Waals surface area contributed by atoms with Crippen LogP contribution in [0.2, 0.25) is 0 Å². The predicted molar refractivity (Wildman–Crippen MR) is 143 cm³/mol. The SMILES string of the molecule is CCOc1ccc(Oc2ccc(NC(=O)/C=C/c3csc(N(C(C)=O)c4ccccc4)n3)cc2)cc1. The minimum Gasteiger partial charge on any atom is -0.494 e. The van der Waals surface area contributed by atoms with Crippen molar-refractivity contribution in [1.82, 2.24) is 4.98 Å². The molecule has 182 valence electrons. The first-order valence-corrected chi connectivity index (χ1v) is 12.2. The van der Waals surface area contributed by atoms with E-state index in [2.05, 4.69) is 10.3 Å². The van der Waals surface area contributed by atoms with E-state index < -0.39 is 0 Å². The molecule has 4 rings (SSSR count). The number of nitrogens with one attached hydrogen (secondary N) is 1. The van der Waals surface area contributed by atoms with E-state index in [4.69, 9.17) is 9.47 Å². The fraction of sp³-hybridized carbons (Fsp3) is 0.107. The second kappa shape index (κ2) is 11.8. The molecule has 0 saturated heterocycles. The molecule has 0 radical (unpaired) electrons. The quantitative estimate of drug-likeness (QED) is 0.260. The third-order valence-corrected chi connectivity index (χ3v) is 5.77. The van der Waals surface area contributed by atoms with Crippen LogP contribution in [-0.4, -0.2) is 23.4 Å². The van der Waals surface area contributed by atoms with E-state index in [0.29, 0.717) is 34.6 Å². The number of carbonyl (C=O) groups excluding carboxylic acids is 2. The van der Waals surface area contributed by atoms with Gasteiger partial charge in [-0.1, -0.05) is 18.2 Å². The molecule has 0 aliphatic carbocycles. The molecule has 0 aliphatic heterocycles. The third-order valence-electron chi connectivity index (χ3n) is 4.93. The number of hydrogen-bond acceptors (Lipinski definition) is 6. The highest BCUT2D eigenvalue weighted by Gasteiger charge is 2.17. The molecule has 0 atom stereocenters. The van der Waals surface area contributed by atoms with Crippen LogP contribution in [0.4, 0.5) is 16.5 Å². The molecule has 1 heterocycles. The zero-order valence-electron chi connectivity index (χ0n) is 19.9. The summed E-state index contributed by atoms with van der Waals surface area (Å²) in [6, 6.07) is 23.8. The zero-order chi connectivity index (χ0) is 25.3. The normalized spacial score (nSPS) is 10.7. The third kappa shape index (κ3) is 6.58. The van der Waals surface area contributed by atoms with E-state index in [9.17, 15) is 9.59 Å². The first-order chi connectivity index (χ1) is 17.5. The molecule has 36 heavy (non-hydrogen) atoms. The van der Waals surface area contributed by atoms with Crippen molar-refractivity contribution in [2.75, 3.05) is 16.8 Å². The number of rotatable bonds is 9. The van der Waals surface area contributed by atoms with Crippen molar-refractivity contribution in [3.8, 4) is 17.2 Å². The van der Waals surface area contributed by atoms with Crippen molar-refractivity contribution in [2.24, 2.45) is 0 Å². The Balaban J connectivity index is 1.34. The Kier molecular flexibility index (Phi) is 8.10.